The fraction of sp³-hybridized carbons (Fsp3) is 0.471. The minimum absolute atomic E-state index is 0. The predicted octanol–water partition coefficient (Wildman–Crippen LogP) is 1.82. The van der Waals surface area contributed by atoms with Gasteiger partial charge < -0.3 is 15.2 Å². The molecular formula is C17H25Cl2FN6O. The van der Waals surface area contributed by atoms with E-state index in [9.17, 15) is 9.18 Å². The van der Waals surface area contributed by atoms with Gasteiger partial charge in [0.1, 0.15) is 17.5 Å². The summed E-state index contributed by atoms with van der Waals surface area (Å²) in [5.41, 5.74) is 1.89. The molecule has 0 saturated carbocycles. The maximum Gasteiger partial charge on any atom is 0.238 e. The molecule has 1 aliphatic heterocycles. The van der Waals surface area contributed by atoms with Crippen molar-refractivity contribution >= 4 is 36.4 Å². The number of nitrogens with one attached hydrogen (secondary N) is 2. The standard InChI is InChI=1S/C17H23FN6O.2ClH/c1-11-21-22-15(24(11)3)9-23(2)10-16(25)20-14-5-4-12-8-19-7-6-13(12)17(14)18;;/h4-5,19H,6-10H2,1-3H3,(H,20,25);2*1H. The SMILES string of the molecule is Cc1nnc(CN(C)CC(=O)Nc2ccc3c(c2F)CCNC3)n1C.Cl.Cl. The maximum absolute atomic E-state index is 14.6. The molecule has 0 bridgehead atoms. The smallest absolute Gasteiger partial charge is 0.238 e. The van der Waals surface area contributed by atoms with Crippen LogP contribution in [0.1, 0.15) is 22.8 Å². The van der Waals surface area contributed by atoms with Gasteiger partial charge in [0, 0.05) is 13.6 Å². The Balaban J connectivity index is 0.00000182. The third-order valence-corrected chi connectivity index (χ3v) is 4.49. The fourth-order valence-electron chi connectivity index (χ4n) is 2.95. The lowest BCUT2D eigenvalue weighted by atomic mass is 9.99. The molecule has 0 radical (unpaired) electrons. The number of nitrogens with zero attached hydrogens (tertiary/aromatic N) is 4. The molecule has 0 aliphatic carbocycles. The van der Waals surface area contributed by atoms with Crippen LogP contribution in [0.4, 0.5) is 10.1 Å². The summed E-state index contributed by atoms with van der Waals surface area (Å²) in [6.07, 6.45) is 0.635. The zero-order valence-corrected chi connectivity index (χ0v) is 17.2. The van der Waals surface area contributed by atoms with Crippen LogP contribution in [0.3, 0.4) is 0 Å². The van der Waals surface area contributed by atoms with E-state index in [4.69, 9.17) is 0 Å². The van der Waals surface area contributed by atoms with Crippen LogP contribution in [0.15, 0.2) is 12.1 Å². The molecular weight excluding hydrogens is 394 g/mol. The highest BCUT2D eigenvalue weighted by molar-refractivity contribution is 5.92. The Morgan fingerprint density at radius 3 is 2.78 bits per heavy atom. The lowest BCUT2D eigenvalue weighted by Crippen LogP contribution is -2.31. The second-order valence-corrected chi connectivity index (χ2v) is 6.43. The molecule has 150 valence electrons. The first-order chi connectivity index (χ1) is 12.0. The highest BCUT2D eigenvalue weighted by Crippen LogP contribution is 2.24. The van der Waals surface area contributed by atoms with Gasteiger partial charge >= 0.3 is 0 Å². The summed E-state index contributed by atoms with van der Waals surface area (Å²) in [6.45, 7) is 3.92. The molecule has 1 aliphatic rings. The average molecular weight is 419 g/mol. The third-order valence-electron chi connectivity index (χ3n) is 4.49. The van der Waals surface area contributed by atoms with Gasteiger partial charge in [0.25, 0.3) is 0 Å². The Labute approximate surface area is 170 Å². The van der Waals surface area contributed by atoms with E-state index in [0.717, 1.165) is 23.8 Å². The summed E-state index contributed by atoms with van der Waals surface area (Å²) in [7, 11) is 3.70. The average Bonchev–Trinajstić information content (AvgIpc) is 2.89. The van der Waals surface area contributed by atoms with E-state index < -0.39 is 0 Å². The fourth-order valence-corrected chi connectivity index (χ4v) is 2.95. The lowest BCUT2D eigenvalue weighted by molar-refractivity contribution is -0.117. The second-order valence-electron chi connectivity index (χ2n) is 6.43. The predicted molar refractivity (Wildman–Crippen MR) is 107 cm³/mol. The summed E-state index contributed by atoms with van der Waals surface area (Å²) in [5.74, 6) is 1.02. The van der Waals surface area contributed by atoms with Crippen LogP contribution in [-0.2, 0) is 31.4 Å². The quantitative estimate of drug-likeness (QED) is 0.774. The molecule has 0 fully saturated rings. The Kier molecular flexibility index (Phi) is 8.61. The number of rotatable bonds is 5. The van der Waals surface area contributed by atoms with E-state index in [0.29, 0.717) is 25.1 Å². The van der Waals surface area contributed by atoms with Crippen LogP contribution >= 0.6 is 24.8 Å². The van der Waals surface area contributed by atoms with Crippen molar-refractivity contribution in [3.63, 3.8) is 0 Å². The maximum atomic E-state index is 14.6. The molecule has 0 saturated heterocycles. The van der Waals surface area contributed by atoms with Crippen LogP contribution in [0.2, 0.25) is 0 Å². The highest BCUT2D eigenvalue weighted by Gasteiger charge is 2.18. The van der Waals surface area contributed by atoms with Crippen molar-refractivity contribution in [2.45, 2.75) is 26.4 Å². The number of aryl methyl sites for hydroxylation is 1. The van der Waals surface area contributed by atoms with E-state index in [1.54, 1.807) is 6.07 Å². The zero-order valence-electron chi connectivity index (χ0n) is 15.6. The van der Waals surface area contributed by atoms with Gasteiger partial charge in [-0.1, -0.05) is 6.07 Å². The topological polar surface area (TPSA) is 75.1 Å². The largest absolute Gasteiger partial charge is 0.322 e. The zero-order chi connectivity index (χ0) is 18.0. The molecule has 1 amide bonds. The number of anilines is 1. The minimum Gasteiger partial charge on any atom is -0.322 e. The molecule has 10 heteroatoms. The first-order valence-corrected chi connectivity index (χ1v) is 8.30. The molecule has 2 N–H and O–H groups in total. The highest BCUT2D eigenvalue weighted by atomic mass is 35.5. The first-order valence-electron chi connectivity index (χ1n) is 8.30. The van der Waals surface area contributed by atoms with Crippen molar-refractivity contribution in [1.29, 1.82) is 0 Å². The van der Waals surface area contributed by atoms with E-state index in [-0.39, 0.29) is 48.8 Å². The van der Waals surface area contributed by atoms with Crippen LogP contribution in [0.25, 0.3) is 0 Å². The molecule has 2 heterocycles. The third kappa shape index (κ3) is 5.38. The molecule has 0 unspecified atom stereocenters. The summed E-state index contributed by atoms with van der Waals surface area (Å²) in [4.78, 5) is 14.1. The molecule has 27 heavy (non-hydrogen) atoms. The second kappa shape index (κ2) is 9.98. The molecule has 1 aromatic heterocycles. The minimum atomic E-state index is -0.320. The van der Waals surface area contributed by atoms with E-state index >= 15 is 0 Å². The monoisotopic (exact) mass is 418 g/mol. The molecule has 2 aromatic rings. The van der Waals surface area contributed by atoms with Crippen LogP contribution in [0, 0.1) is 12.7 Å². The van der Waals surface area contributed by atoms with Crippen molar-refractivity contribution in [2.24, 2.45) is 7.05 Å². The van der Waals surface area contributed by atoms with Crippen LogP contribution in [0.5, 0.6) is 0 Å². The van der Waals surface area contributed by atoms with Crippen molar-refractivity contribution in [2.75, 3.05) is 25.5 Å². The summed E-state index contributed by atoms with van der Waals surface area (Å²) >= 11 is 0. The lowest BCUT2D eigenvalue weighted by Gasteiger charge is -2.20. The number of hydrogen-bond donors (Lipinski definition) is 2. The Morgan fingerprint density at radius 2 is 2.11 bits per heavy atom. The van der Waals surface area contributed by atoms with Crippen LogP contribution in [-0.4, -0.2) is 45.7 Å². The summed E-state index contributed by atoms with van der Waals surface area (Å²) in [6, 6.07) is 3.50. The van der Waals surface area contributed by atoms with Crippen LogP contribution < -0.4 is 10.6 Å². The van der Waals surface area contributed by atoms with Gasteiger partial charge in [0.05, 0.1) is 18.8 Å². The number of carbonyl (C=O) groups excluding carboxylic acids is 1. The van der Waals surface area contributed by atoms with Crippen molar-refractivity contribution in [3.05, 3.63) is 40.7 Å². The Bertz CT molecular complexity index is 798. The Hall–Kier alpha value is -1.74. The van der Waals surface area contributed by atoms with Gasteiger partial charge in [-0.3, -0.25) is 9.69 Å². The van der Waals surface area contributed by atoms with Gasteiger partial charge in [0.2, 0.25) is 5.91 Å². The van der Waals surface area contributed by atoms with Crippen molar-refractivity contribution in [1.82, 2.24) is 25.0 Å². The number of benzene rings is 1. The summed E-state index contributed by atoms with van der Waals surface area (Å²) < 4.78 is 16.5. The van der Waals surface area contributed by atoms with Gasteiger partial charge in [-0.25, -0.2) is 4.39 Å². The molecule has 0 atom stereocenters. The normalized spacial score (nSPS) is 12.8. The van der Waals surface area contributed by atoms with Gasteiger partial charge in [-0.2, -0.15) is 0 Å². The number of carbonyl (C=O) groups is 1. The number of amides is 1. The van der Waals surface area contributed by atoms with E-state index in [2.05, 4.69) is 20.8 Å². The molecule has 0 spiro atoms. The van der Waals surface area contributed by atoms with Gasteiger partial charge in [-0.15, -0.1) is 35.0 Å². The Morgan fingerprint density at radius 1 is 1.37 bits per heavy atom. The van der Waals surface area contributed by atoms with Crippen molar-refractivity contribution < 1.29 is 9.18 Å². The van der Waals surface area contributed by atoms with Crippen molar-refractivity contribution in [3.8, 4) is 0 Å². The summed E-state index contributed by atoms with van der Waals surface area (Å²) in [5, 5.41) is 14.0. The number of halogens is 3. The number of aromatic nitrogens is 3. The van der Waals surface area contributed by atoms with Gasteiger partial charge in [0.15, 0.2) is 0 Å². The first kappa shape index (κ1) is 23.3. The van der Waals surface area contributed by atoms with E-state index in [1.165, 1.54) is 0 Å². The molecule has 7 nitrogen and oxygen atoms in total. The van der Waals surface area contributed by atoms with E-state index in [1.807, 2.05) is 36.6 Å². The molecule has 1 aromatic carbocycles. The van der Waals surface area contributed by atoms with Gasteiger partial charge in [-0.05, 0) is 44.1 Å². The number of hydrogen-bond acceptors (Lipinski definition) is 5. The number of likely N-dealkylation sites (N-methyl/N-ethyl adjacent to an activating group) is 1. The molecule has 3 rings (SSSR count). The number of fused-ring (bicyclic) bond motifs is 1.